The topological polar surface area (TPSA) is 56.3 Å². The van der Waals surface area contributed by atoms with Crippen LogP contribution in [0.25, 0.3) is 0 Å². The zero-order chi connectivity index (χ0) is 12.1. The second-order valence-electron chi connectivity index (χ2n) is 3.86. The van der Waals surface area contributed by atoms with Gasteiger partial charge >= 0.3 is 0 Å². The van der Waals surface area contributed by atoms with Gasteiger partial charge < -0.3 is 15.5 Å². The second-order valence-corrected chi connectivity index (χ2v) is 4.30. The van der Waals surface area contributed by atoms with Gasteiger partial charge in [-0.05, 0) is 13.5 Å². The van der Waals surface area contributed by atoms with Gasteiger partial charge in [-0.2, -0.15) is 5.26 Å². The lowest BCUT2D eigenvalue weighted by atomic mass is 10.2. The zero-order valence-corrected chi connectivity index (χ0v) is 10.7. The third-order valence-electron chi connectivity index (χ3n) is 3.01. The van der Waals surface area contributed by atoms with E-state index in [2.05, 4.69) is 22.8 Å². The summed E-state index contributed by atoms with van der Waals surface area (Å²) in [5, 5.41) is 8.98. The van der Waals surface area contributed by atoms with Crippen molar-refractivity contribution in [3.63, 3.8) is 0 Å². The van der Waals surface area contributed by atoms with Crippen molar-refractivity contribution in [2.24, 2.45) is 5.73 Å². The molecule has 0 aromatic carbocycles. The number of hydrogen-bond acceptors (Lipinski definition) is 4. The SMILES string of the molecule is CCN1CCN(C(C)=C(C#N)C(N)=S)CC1. The number of nitrogens with zero attached hydrogens (tertiary/aromatic N) is 3. The molecule has 0 aliphatic carbocycles. The summed E-state index contributed by atoms with van der Waals surface area (Å²) in [4.78, 5) is 4.76. The van der Waals surface area contributed by atoms with Gasteiger partial charge in [0.25, 0.3) is 0 Å². The van der Waals surface area contributed by atoms with Gasteiger partial charge in [0.2, 0.25) is 0 Å². The predicted molar refractivity (Wildman–Crippen MR) is 68.8 cm³/mol. The molecule has 1 heterocycles. The number of nitriles is 1. The van der Waals surface area contributed by atoms with Crippen LogP contribution in [0.15, 0.2) is 11.3 Å². The van der Waals surface area contributed by atoms with Crippen LogP contribution in [0.2, 0.25) is 0 Å². The number of hydrogen-bond donors (Lipinski definition) is 1. The van der Waals surface area contributed by atoms with Gasteiger partial charge in [0.05, 0.1) is 0 Å². The molecule has 0 radical (unpaired) electrons. The summed E-state index contributed by atoms with van der Waals surface area (Å²) in [6.45, 7) is 9.10. The van der Waals surface area contributed by atoms with Crippen LogP contribution < -0.4 is 5.73 Å². The maximum absolute atomic E-state index is 8.98. The van der Waals surface area contributed by atoms with Crippen LogP contribution in [0.4, 0.5) is 0 Å². The minimum Gasteiger partial charge on any atom is -0.389 e. The highest BCUT2D eigenvalue weighted by Crippen LogP contribution is 2.13. The standard InChI is InChI=1S/C11H18N4S/c1-3-14-4-6-15(7-5-14)9(2)10(8-12)11(13)16/h3-7H2,1-2H3,(H2,13,16). The molecule has 0 amide bonds. The maximum Gasteiger partial charge on any atom is 0.116 e. The first kappa shape index (κ1) is 12.9. The van der Waals surface area contributed by atoms with E-state index in [-0.39, 0.29) is 4.99 Å². The number of allylic oxidation sites excluding steroid dienone is 1. The van der Waals surface area contributed by atoms with Gasteiger partial charge in [-0.3, -0.25) is 0 Å². The monoisotopic (exact) mass is 238 g/mol. The smallest absolute Gasteiger partial charge is 0.116 e. The highest BCUT2D eigenvalue weighted by Gasteiger charge is 2.18. The van der Waals surface area contributed by atoms with E-state index in [1.807, 2.05) is 6.92 Å². The number of rotatable bonds is 3. The van der Waals surface area contributed by atoms with Crippen molar-refractivity contribution in [1.82, 2.24) is 9.80 Å². The molecule has 0 bridgehead atoms. The quantitative estimate of drug-likeness (QED) is 0.446. The maximum atomic E-state index is 8.98. The average molecular weight is 238 g/mol. The second kappa shape index (κ2) is 5.83. The fraction of sp³-hybridized carbons (Fsp3) is 0.636. The van der Waals surface area contributed by atoms with Gasteiger partial charge in [0.15, 0.2) is 0 Å². The summed E-state index contributed by atoms with van der Waals surface area (Å²) < 4.78 is 0. The Bertz CT molecular complexity index is 334. The van der Waals surface area contributed by atoms with Crippen LogP contribution in [0.1, 0.15) is 13.8 Å². The van der Waals surface area contributed by atoms with Crippen LogP contribution in [0, 0.1) is 11.3 Å². The first-order valence-electron chi connectivity index (χ1n) is 5.48. The molecule has 0 saturated carbocycles. The van der Waals surface area contributed by atoms with Crippen molar-refractivity contribution in [1.29, 1.82) is 5.26 Å². The van der Waals surface area contributed by atoms with Crippen molar-refractivity contribution in [3.8, 4) is 6.07 Å². The number of thiocarbonyl (C=S) groups is 1. The average Bonchev–Trinajstić information content (AvgIpc) is 2.29. The van der Waals surface area contributed by atoms with Crippen molar-refractivity contribution in [3.05, 3.63) is 11.3 Å². The highest BCUT2D eigenvalue weighted by molar-refractivity contribution is 7.80. The van der Waals surface area contributed by atoms with Gasteiger partial charge in [-0.15, -0.1) is 0 Å². The summed E-state index contributed by atoms with van der Waals surface area (Å²) in [6, 6.07) is 2.08. The van der Waals surface area contributed by atoms with E-state index in [0.29, 0.717) is 5.57 Å². The molecule has 0 spiro atoms. The van der Waals surface area contributed by atoms with Crippen LogP contribution in [0.5, 0.6) is 0 Å². The number of piperazine rings is 1. The zero-order valence-electron chi connectivity index (χ0n) is 9.86. The summed E-state index contributed by atoms with van der Waals surface area (Å²) >= 11 is 4.87. The van der Waals surface area contributed by atoms with Gasteiger partial charge in [0, 0.05) is 31.9 Å². The van der Waals surface area contributed by atoms with Gasteiger partial charge in [-0.1, -0.05) is 19.1 Å². The Hall–Kier alpha value is -1.12. The van der Waals surface area contributed by atoms with E-state index in [1.165, 1.54) is 0 Å². The molecule has 1 fully saturated rings. The van der Waals surface area contributed by atoms with Gasteiger partial charge in [-0.25, -0.2) is 0 Å². The van der Waals surface area contributed by atoms with E-state index < -0.39 is 0 Å². The first-order valence-corrected chi connectivity index (χ1v) is 5.89. The molecular weight excluding hydrogens is 220 g/mol. The van der Waals surface area contributed by atoms with Crippen molar-refractivity contribution in [2.45, 2.75) is 13.8 Å². The van der Waals surface area contributed by atoms with E-state index in [1.54, 1.807) is 0 Å². The normalized spacial score (nSPS) is 18.9. The molecule has 0 aromatic rings. The van der Waals surface area contributed by atoms with Crippen LogP contribution in [-0.4, -0.2) is 47.5 Å². The van der Waals surface area contributed by atoms with Crippen LogP contribution >= 0.6 is 12.2 Å². The van der Waals surface area contributed by atoms with E-state index >= 15 is 0 Å². The van der Waals surface area contributed by atoms with Crippen molar-refractivity contribution < 1.29 is 0 Å². The largest absolute Gasteiger partial charge is 0.389 e. The third-order valence-corrected chi connectivity index (χ3v) is 3.22. The van der Waals surface area contributed by atoms with Gasteiger partial charge in [0.1, 0.15) is 16.6 Å². The van der Waals surface area contributed by atoms with Crippen molar-refractivity contribution >= 4 is 17.2 Å². The summed E-state index contributed by atoms with van der Waals surface area (Å²) in [5.41, 5.74) is 6.87. The van der Waals surface area contributed by atoms with E-state index in [9.17, 15) is 0 Å². The molecule has 0 aromatic heterocycles. The van der Waals surface area contributed by atoms with Crippen molar-refractivity contribution in [2.75, 3.05) is 32.7 Å². The molecule has 2 N–H and O–H groups in total. The lowest BCUT2D eigenvalue weighted by Gasteiger charge is -2.36. The van der Waals surface area contributed by atoms with Crippen LogP contribution in [0.3, 0.4) is 0 Å². The molecule has 16 heavy (non-hydrogen) atoms. The Kier molecular flexibility index (Phi) is 4.71. The molecule has 1 saturated heterocycles. The molecule has 1 aliphatic heterocycles. The predicted octanol–water partition coefficient (Wildman–Crippen LogP) is 0.708. The molecular formula is C11H18N4S. The highest BCUT2D eigenvalue weighted by atomic mass is 32.1. The molecule has 88 valence electrons. The molecule has 0 atom stereocenters. The molecule has 1 rings (SSSR count). The first-order chi connectivity index (χ1) is 7.60. The molecule has 1 aliphatic rings. The molecule has 0 unspecified atom stereocenters. The number of nitrogens with two attached hydrogens (primary N) is 1. The fourth-order valence-electron chi connectivity index (χ4n) is 1.87. The summed E-state index contributed by atoms with van der Waals surface area (Å²) in [7, 11) is 0. The Morgan fingerprint density at radius 2 is 1.94 bits per heavy atom. The Morgan fingerprint density at radius 3 is 2.31 bits per heavy atom. The lowest BCUT2D eigenvalue weighted by molar-refractivity contribution is 0.165. The Labute approximate surface area is 102 Å². The fourth-order valence-corrected chi connectivity index (χ4v) is 2.07. The third kappa shape index (κ3) is 2.94. The Morgan fingerprint density at radius 1 is 1.38 bits per heavy atom. The number of likely N-dealkylation sites (N-methyl/N-ethyl adjacent to an activating group) is 1. The Balaban J connectivity index is 2.73. The molecule has 5 heteroatoms. The minimum absolute atomic E-state index is 0.193. The van der Waals surface area contributed by atoms with E-state index in [4.69, 9.17) is 23.2 Å². The summed E-state index contributed by atoms with van der Waals surface area (Å²) in [5.74, 6) is 0. The minimum atomic E-state index is 0.193. The van der Waals surface area contributed by atoms with E-state index in [0.717, 1.165) is 38.4 Å². The van der Waals surface area contributed by atoms with Crippen LogP contribution in [-0.2, 0) is 0 Å². The lowest BCUT2D eigenvalue weighted by Crippen LogP contribution is -2.45. The molecule has 4 nitrogen and oxygen atoms in total. The summed E-state index contributed by atoms with van der Waals surface area (Å²) in [6.07, 6.45) is 0.